The number of ether oxygens (including phenoxy) is 1. The first-order valence-electron chi connectivity index (χ1n) is 6.46. The number of carbonyl (C=O) groups excluding carboxylic acids is 1. The summed E-state index contributed by atoms with van der Waals surface area (Å²) in [5, 5.41) is 5.76. The fraction of sp³-hybridized carbons (Fsp3) is 0.400. The quantitative estimate of drug-likeness (QED) is 0.707. The van der Waals surface area contributed by atoms with E-state index in [9.17, 15) is 4.79 Å². The highest BCUT2D eigenvalue weighted by Crippen LogP contribution is 2.17. The number of rotatable bonds is 8. The monoisotopic (exact) mass is 262 g/mol. The molecule has 0 heterocycles. The molecular formula is C15H22N2O2. The smallest absolute Gasteiger partial charge is 0.239 e. The number of anilines is 1. The second kappa shape index (κ2) is 8.19. The lowest BCUT2D eigenvalue weighted by atomic mass is 10.2. The zero-order chi connectivity index (χ0) is 14.1. The first-order valence-corrected chi connectivity index (χ1v) is 6.46. The molecule has 1 amide bonds. The molecule has 0 unspecified atom stereocenters. The number of carbonyl (C=O) groups is 1. The van der Waals surface area contributed by atoms with Crippen molar-refractivity contribution in [2.24, 2.45) is 5.92 Å². The Kier molecular flexibility index (Phi) is 6.50. The van der Waals surface area contributed by atoms with Crippen LogP contribution in [0, 0.1) is 5.92 Å². The predicted molar refractivity (Wildman–Crippen MR) is 78.5 cm³/mol. The molecule has 0 radical (unpaired) electrons. The lowest BCUT2D eigenvalue weighted by molar-refractivity contribution is -0.119. The van der Waals surface area contributed by atoms with Gasteiger partial charge in [0, 0.05) is 18.3 Å². The number of nitrogens with one attached hydrogen (secondary N) is 2. The third-order valence-corrected chi connectivity index (χ3v) is 2.31. The zero-order valence-electron chi connectivity index (χ0n) is 11.6. The van der Waals surface area contributed by atoms with E-state index >= 15 is 0 Å². The summed E-state index contributed by atoms with van der Waals surface area (Å²) in [6.45, 7) is 9.16. The van der Waals surface area contributed by atoms with Crippen molar-refractivity contribution in [1.82, 2.24) is 5.32 Å². The SMILES string of the molecule is C=CCNC(=O)CNc1cccc(OCC(C)C)c1. The highest BCUT2D eigenvalue weighted by Gasteiger charge is 2.01. The van der Waals surface area contributed by atoms with Crippen LogP contribution in [-0.4, -0.2) is 25.6 Å². The minimum absolute atomic E-state index is 0.0617. The number of hydrogen-bond donors (Lipinski definition) is 2. The van der Waals surface area contributed by atoms with Gasteiger partial charge in [-0.15, -0.1) is 6.58 Å². The van der Waals surface area contributed by atoms with Crippen LogP contribution < -0.4 is 15.4 Å². The molecule has 4 nitrogen and oxygen atoms in total. The van der Waals surface area contributed by atoms with E-state index in [0.29, 0.717) is 19.1 Å². The fourth-order valence-corrected chi connectivity index (χ4v) is 1.39. The van der Waals surface area contributed by atoms with Crippen molar-refractivity contribution in [3.63, 3.8) is 0 Å². The molecule has 0 aromatic heterocycles. The van der Waals surface area contributed by atoms with E-state index in [2.05, 4.69) is 31.1 Å². The molecule has 0 bridgehead atoms. The summed E-state index contributed by atoms with van der Waals surface area (Å²) < 4.78 is 5.63. The lowest BCUT2D eigenvalue weighted by Crippen LogP contribution is -2.29. The van der Waals surface area contributed by atoms with Crippen LogP contribution in [0.4, 0.5) is 5.69 Å². The molecule has 0 aliphatic rings. The maximum Gasteiger partial charge on any atom is 0.239 e. The van der Waals surface area contributed by atoms with E-state index in [1.807, 2.05) is 24.3 Å². The second-order valence-corrected chi connectivity index (χ2v) is 4.68. The van der Waals surface area contributed by atoms with Crippen LogP contribution in [0.5, 0.6) is 5.75 Å². The Bertz CT molecular complexity index is 416. The molecule has 0 saturated heterocycles. The summed E-state index contributed by atoms with van der Waals surface area (Å²) in [7, 11) is 0. The van der Waals surface area contributed by atoms with Gasteiger partial charge in [0.25, 0.3) is 0 Å². The normalized spacial score (nSPS) is 10.1. The molecule has 0 saturated carbocycles. The van der Waals surface area contributed by atoms with Crippen LogP contribution in [-0.2, 0) is 4.79 Å². The van der Waals surface area contributed by atoms with Gasteiger partial charge < -0.3 is 15.4 Å². The molecule has 19 heavy (non-hydrogen) atoms. The fourth-order valence-electron chi connectivity index (χ4n) is 1.39. The molecule has 0 aliphatic heterocycles. The first kappa shape index (κ1) is 15.1. The highest BCUT2D eigenvalue weighted by molar-refractivity contribution is 5.80. The zero-order valence-corrected chi connectivity index (χ0v) is 11.6. The Hall–Kier alpha value is -1.97. The molecule has 0 spiro atoms. The third kappa shape index (κ3) is 6.50. The molecule has 4 heteroatoms. The standard InChI is InChI=1S/C15H22N2O2/c1-4-8-16-15(18)10-17-13-6-5-7-14(9-13)19-11-12(2)3/h4-7,9,12,17H,1,8,10-11H2,2-3H3,(H,16,18). The topological polar surface area (TPSA) is 50.4 Å². The molecule has 1 aromatic rings. The third-order valence-electron chi connectivity index (χ3n) is 2.31. The minimum Gasteiger partial charge on any atom is -0.493 e. The van der Waals surface area contributed by atoms with Crippen molar-refractivity contribution in [1.29, 1.82) is 0 Å². The second-order valence-electron chi connectivity index (χ2n) is 4.68. The van der Waals surface area contributed by atoms with Gasteiger partial charge in [0.05, 0.1) is 13.2 Å². The van der Waals surface area contributed by atoms with Gasteiger partial charge in [-0.05, 0) is 18.1 Å². The summed E-state index contributed by atoms with van der Waals surface area (Å²) >= 11 is 0. The van der Waals surface area contributed by atoms with E-state index in [1.54, 1.807) is 6.08 Å². The lowest BCUT2D eigenvalue weighted by Gasteiger charge is -2.11. The number of benzene rings is 1. The van der Waals surface area contributed by atoms with Gasteiger partial charge in [-0.25, -0.2) is 0 Å². The van der Waals surface area contributed by atoms with E-state index in [-0.39, 0.29) is 12.5 Å². The summed E-state index contributed by atoms with van der Waals surface area (Å²) in [5.74, 6) is 1.24. The Balaban J connectivity index is 2.43. The largest absolute Gasteiger partial charge is 0.493 e. The van der Waals surface area contributed by atoms with Gasteiger partial charge in [-0.3, -0.25) is 4.79 Å². The maximum atomic E-state index is 11.4. The number of hydrogen-bond acceptors (Lipinski definition) is 3. The van der Waals surface area contributed by atoms with Crippen molar-refractivity contribution >= 4 is 11.6 Å². The average Bonchev–Trinajstić information content (AvgIpc) is 2.41. The van der Waals surface area contributed by atoms with Crippen molar-refractivity contribution in [2.75, 3.05) is 25.0 Å². The van der Waals surface area contributed by atoms with E-state index in [4.69, 9.17) is 4.74 Å². The molecule has 1 rings (SSSR count). The first-order chi connectivity index (χ1) is 9.11. The van der Waals surface area contributed by atoms with Crippen LogP contribution in [0.25, 0.3) is 0 Å². The minimum atomic E-state index is -0.0617. The van der Waals surface area contributed by atoms with Crippen LogP contribution in [0.1, 0.15) is 13.8 Å². The Labute approximate surface area is 114 Å². The summed E-state index contributed by atoms with van der Waals surface area (Å²) in [6.07, 6.45) is 1.65. The van der Waals surface area contributed by atoms with Crippen LogP contribution in [0.15, 0.2) is 36.9 Å². The Morgan fingerprint density at radius 2 is 2.26 bits per heavy atom. The summed E-state index contributed by atoms with van der Waals surface area (Å²) in [6, 6.07) is 7.61. The molecule has 2 N–H and O–H groups in total. The van der Waals surface area contributed by atoms with Gasteiger partial charge >= 0.3 is 0 Å². The maximum absolute atomic E-state index is 11.4. The van der Waals surface area contributed by atoms with Crippen molar-refractivity contribution < 1.29 is 9.53 Å². The summed E-state index contributed by atoms with van der Waals surface area (Å²) in [5.41, 5.74) is 0.870. The molecule has 1 aromatic carbocycles. The van der Waals surface area contributed by atoms with Crippen molar-refractivity contribution in [3.8, 4) is 5.75 Å². The number of amides is 1. The van der Waals surface area contributed by atoms with Crippen LogP contribution in [0.2, 0.25) is 0 Å². The van der Waals surface area contributed by atoms with Crippen LogP contribution in [0.3, 0.4) is 0 Å². The molecule has 0 aliphatic carbocycles. The van der Waals surface area contributed by atoms with Gasteiger partial charge in [0.1, 0.15) is 5.75 Å². The average molecular weight is 262 g/mol. The Morgan fingerprint density at radius 3 is 2.95 bits per heavy atom. The van der Waals surface area contributed by atoms with Crippen molar-refractivity contribution in [2.45, 2.75) is 13.8 Å². The highest BCUT2D eigenvalue weighted by atomic mass is 16.5. The van der Waals surface area contributed by atoms with Gasteiger partial charge in [0.2, 0.25) is 5.91 Å². The van der Waals surface area contributed by atoms with Crippen LogP contribution >= 0.6 is 0 Å². The Morgan fingerprint density at radius 1 is 1.47 bits per heavy atom. The predicted octanol–water partition coefficient (Wildman–Crippen LogP) is 2.44. The van der Waals surface area contributed by atoms with Gasteiger partial charge in [0.15, 0.2) is 0 Å². The van der Waals surface area contributed by atoms with E-state index in [0.717, 1.165) is 11.4 Å². The van der Waals surface area contributed by atoms with Gasteiger partial charge in [-0.2, -0.15) is 0 Å². The molecule has 104 valence electrons. The molecule has 0 fully saturated rings. The van der Waals surface area contributed by atoms with Crippen molar-refractivity contribution in [3.05, 3.63) is 36.9 Å². The molecular weight excluding hydrogens is 240 g/mol. The van der Waals surface area contributed by atoms with E-state index in [1.165, 1.54) is 0 Å². The molecule has 0 atom stereocenters. The van der Waals surface area contributed by atoms with Gasteiger partial charge in [-0.1, -0.05) is 26.0 Å². The van der Waals surface area contributed by atoms with E-state index < -0.39 is 0 Å². The summed E-state index contributed by atoms with van der Waals surface area (Å²) in [4.78, 5) is 11.4.